The van der Waals surface area contributed by atoms with Gasteiger partial charge in [-0.1, -0.05) is 11.3 Å². The molecule has 0 spiro atoms. The Morgan fingerprint density at radius 1 is 1.26 bits per heavy atom. The van der Waals surface area contributed by atoms with Crippen molar-refractivity contribution in [1.82, 2.24) is 4.98 Å². The Balaban J connectivity index is 2.14. The lowest BCUT2D eigenvalue weighted by molar-refractivity contribution is -0.00461. The van der Waals surface area contributed by atoms with Gasteiger partial charge >= 0.3 is 0 Å². The third-order valence-corrected chi connectivity index (χ3v) is 4.43. The molecule has 0 radical (unpaired) electrons. The molecule has 1 aromatic heterocycles. The van der Waals surface area contributed by atoms with E-state index in [9.17, 15) is 5.11 Å². The number of hydrogen-bond acceptors (Lipinski definition) is 7. The van der Waals surface area contributed by atoms with E-state index in [1.165, 1.54) is 11.3 Å². The van der Waals surface area contributed by atoms with Gasteiger partial charge in [-0.3, -0.25) is 0 Å². The van der Waals surface area contributed by atoms with E-state index in [2.05, 4.69) is 9.88 Å². The van der Waals surface area contributed by atoms with E-state index in [-0.39, 0.29) is 18.8 Å². The SMILES string of the molecule is COCc1nc(N2CC(OC)C(OC)C2)sc1CO. The summed E-state index contributed by atoms with van der Waals surface area (Å²) in [6.07, 6.45) is 0.106. The van der Waals surface area contributed by atoms with Crippen molar-refractivity contribution >= 4 is 16.5 Å². The van der Waals surface area contributed by atoms with Crippen LogP contribution in [0.15, 0.2) is 0 Å². The van der Waals surface area contributed by atoms with Gasteiger partial charge in [-0.15, -0.1) is 0 Å². The summed E-state index contributed by atoms with van der Waals surface area (Å²) >= 11 is 1.50. The Morgan fingerprint density at radius 3 is 2.37 bits per heavy atom. The molecular formula is C12H20N2O4S. The summed E-state index contributed by atoms with van der Waals surface area (Å²) in [5.74, 6) is 0. The van der Waals surface area contributed by atoms with Crippen molar-refractivity contribution in [2.24, 2.45) is 0 Å². The number of thiazole rings is 1. The van der Waals surface area contributed by atoms with Crippen LogP contribution in [0.4, 0.5) is 5.13 Å². The topological polar surface area (TPSA) is 64.1 Å². The van der Waals surface area contributed by atoms with Crippen molar-refractivity contribution < 1.29 is 19.3 Å². The number of methoxy groups -OCH3 is 3. The molecule has 0 amide bonds. The minimum atomic E-state index is -0.00832. The predicted octanol–water partition coefficient (Wildman–Crippen LogP) is 0.632. The second kappa shape index (κ2) is 6.62. The first kappa shape index (κ1) is 14.7. The normalized spacial score (nSPS) is 23.3. The van der Waals surface area contributed by atoms with E-state index < -0.39 is 0 Å². The summed E-state index contributed by atoms with van der Waals surface area (Å²) < 4.78 is 15.9. The predicted molar refractivity (Wildman–Crippen MR) is 72.6 cm³/mol. The lowest BCUT2D eigenvalue weighted by Crippen LogP contribution is -2.27. The smallest absolute Gasteiger partial charge is 0.186 e. The molecule has 7 heteroatoms. The Kier molecular flexibility index (Phi) is 5.12. The molecule has 2 atom stereocenters. The summed E-state index contributed by atoms with van der Waals surface area (Å²) in [6, 6.07) is 0. The molecule has 19 heavy (non-hydrogen) atoms. The maximum Gasteiger partial charge on any atom is 0.186 e. The molecule has 1 fully saturated rings. The highest BCUT2D eigenvalue weighted by Crippen LogP contribution is 2.30. The van der Waals surface area contributed by atoms with Gasteiger partial charge < -0.3 is 24.2 Å². The molecule has 1 N–H and O–H groups in total. The zero-order chi connectivity index (χ0) is 13.8. The Bertz CT molecular complexity index is 400. The van der Waals surface area contributed by atoms with Crippen LogP contribution in [0, 0.1) is 0 Å². The molecular weight excluding hydrogens is 268 g/mol. The van der Waals surface area contributed by atoms with Crippen LogP contribution in [-0.2, 0) is 27.4 Å². The molecule has 1 aliphatic heterocycles. The lowest BCUT2D eigenvalue weighted by Gasteiger charge is -2.13. The first-order valence-electron chi connectivity index (χ1n) is 6.12. The van der Waals surface area contributed by atoms with Crippen LogP contribution in [0.1, 0.15) is 10.6 Å². The number of hydrogen-bond donors (Lipinski definition) is 1. The fourth-order valence-corrected chi connectivity index (χ4v) is 3.17. The molecule has 0 aromatic carbocycles. The Labute approximate surface area is 116 Å². The number of anilines is 1. The van der Waals surface area contributed by atoms with E-state index in [1.54, 1.807) is 21.3 Å². The van der Waals surface area contributed by atoms with Crippen LogP contribution in [0.5, 0.6) is 0 Å². The van der Waals surface area contributed by atoms with Gasteiger partial charge in [0.1, 0.15) is 12.2 Å². The quantitative estimate of drug-likeness (QED) is 0.828. The van der Waals surface area contributed by atoms with Crippen molar-refractivity contribution in [1.29, 1.82) is 0 Å². The van der Waals surface area contributed by atoms with Crippen molar-refractivity contribution in [3.63, 3.8) is 0 Å². The fourth-order valence-electron chi connectivity index (χ4n) is 2.23. The highest BCUT2D eigenvalue weighted by atomic mass is 32.1. The highest BCUT2D eigenvalue weighted by molar-refractivity contribution is 7.15. The van der Waals surface area contributed by atoms with Crippen molar-refractivity contribution in [3.8, 4) is 0 Å². The second-order valence-electron chi connectivity index (χ2n) is 4.41. The molecule has 0 aliphatic carbocycles. The van der Waals surface area contributed by atoms with Gasteiger partial charge in [-0.2, -0.15) is 0 Å². The maximum atomic E-state index is 9.34. The average molecular weight is 288 g/mol. The summed E-state index contributed by atoms with van der Waals surface area (Å²) in [5, 5.41) is 10.2. The average Bonchev–Trinajstić information content (AvgIpc) is 3.01. The molecule has 1 aliphatic rings. The van der Waals surface area contributed by atoms with Crippen LogP contribution in [-0.4, -0.2) is 56.7 Å². The van der Waals surface area contributed by atoms with Crippen molar-refractivity contribution in [2.75, 3.05) is 39.3 Å². The van der Waals surface area contributed by atoms with Gasteiger partial charge in [-0.25, -0.2) is 4.98 Å². The standard InChI is InChI=1S/C12H20N2O4S/c1-16-7-8-11(6-15)19-12(13-8)14-4-9(17-2)10(5-14)18-3/h9-10,15H,4-7H2,1-3H3. The van der Waals surface area contributed by atoms with Gasteiger partial charge in [0, 0.05) is 34.4 Å². The number of aliphatic hydroxyl groups is 1. The van der Waals surface area contributed by atoms with Crippen LogP contribution in [0.2, 0.25) is 0 Å². The molecule has 1 saturated heterocycles. The molecule has 6 nitrogen and oxygen atoms in total. The molecule has 2 heterocycles. The van der Waals surface area contributed by atoms with E-state index >= 15 is 0 Å². The monoisotopic (exact) mass is 288 g/mol. The summed E-state index contributed by atoms with van der Waals surface area (Å²) in [5.41, 5.74) is 0.805. The van der Waals surface area contributed by atoms with Crippen molar-refractivity contribution in [3.05, 3.63) is 10.6 Å². The number of nitrogens with zero attached hydrogens (tertiary/aromatic N) is 2. The summed E-state index contributed by atoms with van der Waals surface area (Å²) in [4.78, 5) is 7.52. The van der Waals surface area contributed by atoms with Crippen LogP contribution < -0.4 is 4.90 Å². The van der Waals surface area contributed by atoms with Gasteiger partial charge in [0.05, 0.1) is 23.8 Å². The summed E-state index contributed by atoms with van der Waals surface area (Å²) in [6.45, 7) is 1.91. The molecule has 2 unspecified atom stereocenters. The number of aromatic nitrogens is 1. The minimum Gasteiger partial charge on any atom is -0.391 e. The molecule has 0 saturated carbocycles. The molecule has 0 bridgehead atoms. The van der Waals surface area contributed by atoms with E-state index in [0.717, 1.165) is 28.8 Å². The van der Waals surface area contributed by atoms with Crippen molar-refractivity contribution in [2.45, 2.75) is 25.4 Å². The van der Waals surface area contributed by atoms with Crippen LogP contribution >= 0.6 is 11.3 Å². The maximum absolute atomic E-state index is 9.34. The third kappa shape index (κ3) is 3.06. The molecule has 108 valence electrons. The number of aliphatic hydroxyl groups excluding tert-OH is 1. The van der Waals surface area contributed by atoms with E-state index in [1.807, 2.05) is 0 Å². The largest absolute Gasteiger partial charge is 0.391 e. The minimum absolute atomic E-state index is 0.00832. The fraction of sp³-hybridized carbons (Fsp3) is 0.750. The zero-order valence-corrected chi connectivity index (χ0v) is 12.3. The molecule has 2 rings (SSSR count). The number of ether oxygens (including phenoxy) is 3. The molecule has 1 aromatic rings. The van der Waals surface area contributed by atoms with Crippen LogP contribution in [0.25, 0.3) is 0 Å². The third-order valence-electron chi connectivity index (χ3n) is 3.28. The van der Waals surface area contributed by atoms with E-state index in [0.29, 0.717) is 6.61 Å². The lowest BCUT2D eigenvalue weighted by atomic mass is 10.3. The van der Waals surface area contributed by atoms with E-state index in [4.69, 9.17) is 14.2 Å². The van der Waals surface area contributed by atoms with Gasteiger partial charge in [0.25, 0.3) is 0 Å². The second-order valence-corrected chi connectivity index (χ2v) is 5.47. The first-order valence-corrected chi connectivity index (χ1v) is 6.94. The van der Waals surface area contributed by atoms with Gasteiger partial charge in [-0.05, 0) is 0 Å². The Hall–Kier alpha value is -0.730. The first-order chi connectivity index (χ1) is 9.23. The Morgan fingerprint density at radius 2 is 1.89 bits per heavy atom. The van der Waals surface area contributed by atoms with Gasteiger partial charge in [0.2, 0.25) is 0 Å². The summed E-state index contributed by atoms with van der Waals surface area (Å²) in [7, 11) is 5.01. The highest BCUT2D eigenvalue weighted by Gasteiger charge is 2.34. The number of rotatable bonds is 6. The zero-order valence-electron chi connectivity index (χ0n) is 11.5. The van der Waals surface area contributed by atoms with Gasteiger partial charge in [0.15, 0.2) is 5.13 Å². The van der Waals surface area contributed by atoms with Crippen LogP contribution in [0.3, 0.4) is 0 Å².